The maximum Gasteiger partial charge on any atom is 0.0324 e. The quantitative estimate of drug-likeness (QED) is 0.717. The van der Waals surface area contributed by atoms with Crippen molar-refractivity contribution in [3.05, 3.63) is 21.9 Å². The van der Waals surface area contributed by atoms with Crippen molar-refractivity contribution in [1.82, 2.24) is 10.2 Å². The summed E-state index contributed by atoms with van der Waals surface area (Å²) < 4.78 is 0. The molecular weight excluding hydrogens is 252 g/mol. The number of hydrogen-bond donors (Lipinski definition) is 1. The molecule has 1 rings (SSSR count). The van der Waals surface area contributed by atoms with Gasteiger partial charge >= 0.3 is 0 Å². The van der Waals surface area contributed by atoms with Crippen LogP contribution in [0.15, 0.2) is 12.1 Å². The standard InChI is InChI=1S/C16H30N2S/c1-6-7-8-11-18(5)13-15-10-9-14(19-15)12-17-16(2,3)4/h9-10,17H,6-8,11-13H2,1-5H3. The first-order chi connectivity index (χ1) is 8.90. The van der Waals surface area contributed by atoms with Crippen LogP contribution in [0.5, 0.6) is 0 Å². The third kappa shape index (κ3) is 7.71. The lowest BCUT2D eigenvalue weighted by molar-refractivity contribution is 0.321. The largest absolute Gasteiger partial charge is 0.307 e. The molecule has 0 aliphatic carbocycles. The van der Waals surface area contributed by atoms with Gasteiger partial charge in [-0.1, -0.05) is 19.8 Å². The highest BCUT2D eigenvalue weighted by atomic mass is 32.1. The van der Waals surface area contributed by atoms with Gasteiger partial charge in [-0.25, -0.2) is 0 Å². The van der Waals surface area contributed by atoms with E-state index in [2.05, 4.69) is 57.1 Å². The minimum atomic E-state index is 0.196. The topological polar surface area (TPSA) is 15.3 Å². The molecule has 0 radical (unpaired) electrons. The summed E-state index contributed by atoms with van der Waals surface area (Å²) in [5, 5.41) is 3.54. The molecule has 0 spiro atoms. The van der Waals surface area contributed by atoms with Gasteiger partial charge in [-0.2, -0.15) is 0 Å². The van der Waals surface area contributed by atoms with Crippen LogP contribution in [0.4, 0.5) is 0 Å². The van der Waals surface area contributed by atoms with Crippen molar-refractivity contribution in [2.24, 2.45) is 0 Å². The van der Waals surface area contributed by atoms with Crippen molar-refractivity contribution < 1.29 is 0 Å². The van der Waals surface area contributed by atoms with Crippen LogP contribution in [0.2, 0.25) is 0 Å². The van der Waals surface area contributed by atoms with Crippen molar-refractivity contribution in [2.45, 2.75) is 65.6 Å². The summed E-state index contributed by atoms with van der Waals surface area (Å²) >= 11 is 1.94. The van der Waals surface area contributed by atoms with Gasteiger partial charge in [0.2, 0.25) is 0 Å². The SMILES string of the molecule is CCCCCN(C)Cc1ccc(CNC(C)(C)C)s1. The fourth-order valence-electron chi connectivity index (χ4n) is 1.93. The predicted molar refractivity (Wildman–Crippen MR) is 86.8 cm³/mol. The van der Waals surface area contributed by atoms with Crippen molar-refractivity contribution in [1.29, 1.82) is 0 Å². The van der Waals surface area contributed by atoms with Crippen LogP contribution in [0.1, 0.15) is 56.7 Å². The minimum absolute atomic E-state index is 0.196. The van der Waals surface area contributed by atoms with Crippen LogP contribution in [0, 0.1) is 0 Å². The normalized spacial score (nSPS) is 12.3. The van der Waals surface area contributed by atoms with Crippen LogP contribution >= 0.6 is 11.3 Å². The van der Waals surface area contributed by atoms with E-state index in [1.807, 2.05) is 11.3 Å². The monoisotopic (exact) mass is 282 g/mol. The molecule has 0 unspecified atom stereocenters. The lowest BCUT2D eigenvalue weighted by Crippen LogP contribution is -2.34. The molecule has 1 aromatic heterocycles. The van der Waals surface area contributed by atoms with Gasteiger partial charge in [0, 0.05) is 28.4 Å². The predicted octanol–water partition coefficient (Wildman–Crippen LogP) is 4.26. The molecule has 110 valence electrons. The first-order valence-corrected chi connectivity index (χ1v) is 8.23. The number of hydrogen-bond acceptors (Lipinski definition) is 3. The molecular formula is C16H30N2S. The fourth-order valence-corrected chi connectivity index (χ4v) is 2.97. The van der Waals surface area contributed by atoms with Gasteiger partial charge in [-0.05, 0) is 52.9 Å². The summed E-state index contributed by atoms with van der Waals surface area (Å²) in [6.07, 6.45) is 3.96. The highest BCUT2D eigenvalue weighted by Gasteiger charge is 2.10. The van der Waals surface area contributed by atoms with Gasteiger partial charge in [-0.15, -0.1) is 11.3 Å². The molecule has 0 bridgehead atoms. The molecule has 2 nitrogen and oxygen atoms in total. The Bertz CT molecular complexity index is 352. The van der Waals surface area contributed by atoms with E-state index >= 15 is 0 Å². The second-order valence-electron chi connectivity index (χ2n) is 6.42. The molecule has 0 aliphatic heterocycles. The average molecular weight is 282 g/mol. The Morgan fingerprint density at radius 3 is 2.47 bits per heavy atom. The first-order valence-electron chi connectivity index (χ1n) is 7.42. The van der Waals surface area contributed by atoms with E-state index in [4.69, 9.17) is 0 Å². The Balaban J connectivity index is 2.33. The number of nitrogens with zero attached hydrogens (tertiary/aromatic N) is 1. The maximum absolute atomic E-state index is 3.54. The molecule has 0 amide bonds. The second-order valence-corrected chi connectivity index (χ2v) is 7.67. The number of rotatable bonds is 8. The lowest BCUT2D eigenvalue weighted by atomic mass is 10.1. The Kier molecular flexibility index (Phi) is 7.05. The lowest BCUT2D eigenvalue weighted by Gasteiger charge is -2.19. The van der Waals surface area contributed by atoms with E-state index in [1.54, 1.807) is 0 Å². The molecule has 0 fully saturated rings. The molecule has 0 atom stereocenters. The summed E-state index contributed by atoms with van der Waals surface area (Å²) in [6, 6.07) is 4.54. The van der Waals surface area contributed by atoms with E-state index in [1.165, 1.54) is 35.6 Å². The Hall–Kier alpha value is -0.380. The first kappa shape index (κ1) is 16.7. The van der Waals surface area contributed by atoms with Gasteiger partial charge < -0.3 is 10.2 Å². The zero-order valence-corrected chi connectivity index (χ0v) is 14.1. The number of thiophene rings is 1. The molecule has 3 heteroatoms. The summed E-state index contributed by atoms with van der Waals surface area (Å²) in [5.41, 5.74) is 0.196. The Morgan fingerprint density at radius 2 is 1.84 bits per heavy atom. The summed E-state index contributed by atoms with van der Waals surface area (Å²) in [4.78, 5) is 5.35. The molecule has 1 aromatic rings. The van der Waals surface area contributed by atoms with E-state index in [0.717, 1.165) is 13.1 Å². The van der Waals surface area contributed by atoms with Crippen LogP contribution in [-0.4, -0.2) is 24.0 Å². The molecule has 19 heavy (non-hydrogen) atoms. The van der Waals surface area contributed by atoms with Crippen molar-refractivity contribution >= 4 is 11.3 Å². The van der Waals surface area contributed by atoms with Gasteiger partial charge in [0.15, 0.2) is 0 Å². The van der Waals surface area contributed by atoms with E-state index in [0.29, 0.717) is 0 Å². The van der Waals surface area contributed by atoms with E-state index in [-0.39, 0.29) is 5.54 Å². The third-order valence-corrected chi connectivity index (χ3v) is 4.15. The number of unbranched alkanes of at least 4 members (excludes halogenated alkanes) is 2. The molecule has 0 aromatic carbocycles. The van der Waals surface area contributed by atoms with Crippen LogP contribution < -0.4 is 5.32 Å². The van der Waals surface area contributed by atoms with Gasteiger partial charge in [0.05, 0.1) is 0 Å². The highest BCUT2D eigenvalue weighted by Crippen LogP contribution is 2.19. The van der Waals surface area contributed by atoms with Crippen LogP contribution in [-0.2, 0) is 13.1 Å². The van der Waals surface area contributed by atoms with Crippen molar-refractivity contribution in [2.75, 3.05) is 13.6 Å². The van der Waals surface area contributed by atoms with Crippen molar-refractivity contribution in [3.63, 3.8) is 0 Å². The number of nitrogens with one attached hydrogen (secondary N) is 1. The molecule has 0 aliphatic rings. The summed E-state index contributed by atoms with van der Waals surface area (Å²) in [5.74, 6) is 0. The molecule has 0 saturated heterocycles. The van der Waals surface area contributed by atoms with E-state index in [9.17, 15) is 0 Å². The Labute approximate surface area is 123 Å². The minimum Gasteiger partial charge on any atom is -0.307 e. The van der Waals surface area contributed by atoms with Gasteiger partial charge in [0.1, 0.15) is 0 Å². The zero-order chi connectivity index (χ0) is 14.3. The molecule has 1 N–H and O–H groups in total. The average Bonchev–Trinajstić information content (AvgIpc) is 2.73. The smallest absolute Gasteiger partial charge is 0.0324 e. The van der Waals surface area contributed by atoms with Gasteiger partial charge in [-0.3, -0.25) is 0 Å². The van der Waals surface area contributed by atoms with Gasteiger partial charge in [0.25, 0.3) is 0 Å². The third-order valence-electron chi connectivity index (χ3n) is 3.08. The molecule has 1 heterocycles. The fraction of sp³-hybridized carbons (Fsp3) is 0.750. The van der Waals surface area contributed by atoms with E-state index < -0.39 is 0 Å². The summed E-state index contributed by atoms with van der Waals surface area (Å²) in [7, 11) is 2.22. The Morgan fingerprint density at radius 1 is 1.16 bits per heavy atom. The maximum atomic E-state index is 3.54. The second kappa shape index (κ2) is 8.03. The molecule has 0 saturated carbocycles. The zero-order valence-electron chi connectivity index (χ0n) is 13.3. The summed E-state index contributed by atoms with van der Waals surface area (Å²) in [6.45, 7) is 12.2. The van der Waals surface area contributed by atoms with Crippen LogP contribution in [0.3, 0.4) is 0 Å². The van der Waals surface area contributed by atoms with Crippen molar-refractivity contribution in [3.8, 4) is 0 Å². The van der Waals surface area contributed by atoms with Crippen LogP contribution in [0.25, 0.3) is 0 Å². The highest BCUT2D eigenvalue weighted by molar-refractivity contribution is 7.11.